The fourth-order valence-corrected chi connectivity index (χ4v) is 4.58. The molecular weight excluding hydrogens is 526 g/mol. The molecule has 1 amide bonds. The van der Waals surface area contributed by atoms with Crippen molar-refractivity contribution in [2.45, 2.75) is 50.2 Å². The first-order valence-electron chi connectivity index (χ1n) is 11.5. The van der Waals surface area contributed by atoms with Crippen LogP contribution >= 0.6 is 0 Å². The Morgan fingerprint density at radius 1 is 1.11 bits per heavy atom. The summed E-state index contributed by atoms with van der Waals surface area (Å²) in [5.41, 5.74) is -1.99. The molecule has 0 saturated carbocycles. The van der Waals surface area contributed by atoms with Gasteiger partial charge in [-0.1, -0.05) is 0 Å². The van der Waals surface area contributed by atoms with Crippen LogP contribution in [0.5, 0.6) is 0 Å². The van der Waals surface area contributed by atoms with Gasteiger partial charge < -0.3 is 10.2 Å². The molecule has 2 bridgehead atoms. The first-order valence-corrected chi connectivity index (χ1v) is 11.5. The lowest BCUT2D eigenvalue weighted by atomic mass is 10.2. The van der Waals surface area contributed by atoms with E-state index in [0.717, 1.165) is 31.4 Å². The van der Waals surface area contributed by atoms with Gasteiger partial charge in [-0.25, -0.2) is 20.5 Å². The molecule has 2 aliphatic heterocycles. The van der Waals surface area contributed by atoms with Crippen molar-refractivity contribution in [3.8, 4) is 0 Å². The average Bonchev–Trinajstić information content (AvgIpc) is 3.04. The summed E-state index contributed by atoms with van der Waals surface area (Å²) in [6.07, 6.45) is -5.53. The maximum atomic E-state index is 13.2. The molecule has 208 valence electrons. The van der Waals surface area contributed by atoms with Gasteiger partial charge >= 0.3 is 12.4 Å². The van der Waals surface area contributed by atoms with Crippen molar-refractivity contribution < 1.29 is 36.0 Å². The highest BCUT2D eigenvalue weighted by atomic mass is 19.4. The molecule has 2 aliphatic rings. The number of hydrogen-bond donors (Lipinski definition) is 3. The van der Waals surface area contributed by atoms with E-state index in [1.165, 1.54) is 6.92 Å². The normalized spacial score (nSPS) is 20.9. The van der Waals surface area contributed by atoms with E-state index < -0.39 is 46.7 Å². The topological polar surface area (TPSA) is 128 Å². The van der Waals surface area contributed by atoms with Crippen LogP contribution in [0, 0.1) is 0 Å². The van der Waals surface area contributed by atoms with E-state index in [1.807, 2.05) is 4.90 Å². The number of hydroxylamine groups is 1. The summed E-state index contributed by atoms with van der Waals surface area (Å²) in [5.74, 6) is -0.282. The second-order valence-electron chi connectivity index (χ2n) is 9.10. The minimum absolute atomic E-state index is 0.00491. The summed E-state index contributed by atoms with van der Waals surface area (Å²) in [4.78, 5) is 40.6. The van der Waals surface area contributed by atoms with E-state index in [2.05, 4.69) is 25.9 Å². The van der Waals surface area contributed by atoms with E-state index in [1.54, 1.807) is 10.00 Å². The Hall–Kier alpha value is -3.47. The van der Waals surface area contributed by atoms with E-state index in [9.17, 15) is 35.9 Å². The van der Waals surface area contributed by atoms with Crippen LogP contribution < -0.4 is 21.3 Å². The van der Waals surface area contributed by atoms with Gasteiger partial charge in [-0.05, 0) is 19.8 Å². The van der Waals surface area contributed by atoms with Crippen molar-refractivity contribution in [3.63, 3.8) is 0 Å². The minimum atomic E-state index is -4.89. The molecule has 17 heteroatoms. The quantitative estimate of drug-likeness (QED) is 0.333. The van der Waals surface area contributed by atoms with Crippen LogP contribution in [-0.2, 0) is 22.0 Å². The number of aromatic nitrogens is 4. The first kappa shape index (κ1) is 27.6. The number of carbonyl (C=O) groups is 1. The Morgan fingerprint density at radius 3 is 2.32 bits per heavy atom. The highest BCUT2D eigenvalue weighted by molar-refractivity contribution is 5.77. The number of alkyl halides is 6. The number of piperazine rings is 1. The standard InChI is InChI=1S/C21H24F6N8O3/c1-11(31-15-6-30-32-18(37)17(15)21(25,26)27)10-38-33-16(36)9-35-13-2-3-14(35)8-34(7-13)19-28-4-12(5-29-19)20(22,23)24/h4-6,11,13-14H,2-3,7-10H2,1H3,(H,33,36)(H2,31,32,37)/t11-,13?,14?/m0/s1. The van der Waals surface area contributed by atoms with Crippen molar-refractivity contribution in [1.29, 1.82) is 0 Å². The van der Waals surface area contributed by atoms with Gasteiger partial charge in [-0.15, -0.1) is 0 Å². The Kier molecular flexibility index (Phi) is 7.78. The largest absolute Gasteiger partial charge is 0.423 e. The molecule has 2 fully saturated rings. The van der Waals surface area contributed by atoms with Crippen molar-refractivity contribution in [2.24, 2.45) is 0 Å². The number of anilines is 2. The van der Waals surface area contributed by atoms with Gasteiger partial charge in [-0.3, -0.25) is 19.3 Å². The van der Waals surface area contributed by atoms with Crippen LogP contribution in [-0.4, -0.2) is 75.3 Å². The molecule has 2 unspecified atom stereocenters. The third-order valence-electron chi connectivity index (χ3n) is 6.27. The van der Waals surface area contributed by atoms with Gasteiger partial charge in [0.1, 0.15) is 5.56 Å². The smallest absolute Gasteiger partial charge is 0.378 e. The number of nitrogens with one attached hydrogen (secondary N) is 3. The minimum Gasteiger partial charge on any atom is -0.378 e. The zero-order chi connectivity index (χ0) is 27.7. The molecule has 0 radical (unpaired) electrons. The second kappa shape index (κ2) is 10.7. The lowest BCUT2D eigenvalue weighted by Crippen LogP contribution is -2.56. The lowest BCUT2D eigenvalue weighted by molar-refractivity contribution is -0.139. The van der Waals surface area contributed by atoms with Gasteiger partial charge in [0.15, 0.2) is 0 Å². The molecule has 0 aliphatic carbocycles. The number of H-pyrrole nitrogens is 1. The molecular formula is C21H24F6N8O3. The average molecular weight is 550 g/mol. The zero-order valence-electron chi connectivity index (χ0n) is 19.9. The summed E-state index contributed by atoms with van der Waals surface area (Å²) in [5, 5.41) is 7.61. The SMILES string of the molecule is C[C@@H](CONC(=O)CN1C2CCC1CN(c1ncc(C(F)(F)F)cn1)C2)Nc1cn[nH]c(=O)c1C(F)(F)F. The van der Waals surface area contributed by atoms with Gasteiger partial charge in [0.05, 0.1) is 30.6 Å². The summed E-state index contributed by atoms with van der Waals surface area (Å²) in [7, 11) is 0. The molecule has 4 heterocycles. The number of amides is 1. The molecule has 38 heavy (non-hydrogen) atoms. The van der Waals surface area contributed by atoms with Crippen LogP contribution in [0.25, 0.3) is 0 Å². The van der Waals surface area contributed by atoms with E-state index in [-0.39, 0.29) is 31.2 Å². The van der Waals surface area contributed by atoms with Gasteiger partial charge in [0, 0.05) is 43.6 Å². The molecule has 4 rings (SSSR count). The molecule has 2 aromatic heterocycles. The number of aromatic amines is 1. The highest BCUT2D eigenvalue weighted by Gasteiger charge is 2.42. The molecule has 0 aromatic carbocycles. The van der Waals surface area contributed by atoms with Crippen LogP contribution in [0.3, 0.4) is 0 Å². The van der Waals surface area contributed by atoms with Crippen molar-refractivity contribution in [1.82, 2.24) is 30.5 Å². The first-order chi connectivity index (χ1) is 17.8. The predicted molar refractivity (Wildman–Crippen MR) is 120 cm³/mol. The maximum absolute atomic E-state index is 13.2. The molecule has 3 atom stereocenters. The third kappa shape index (κ3) is 6.32. The Bertz CT molecular complexity index is 1180. The number of carbonyl (C=O) groups excluding carboxylic acids is 1. The number of rotatable bonds is 8. The van der Waals surface area contributed by atoms with Gasteiger partial charge in [0.25, 0.3) is 11.5 Å². The molecule has 0 spiro atoms. The molecule has 11 nitrogen and oxygen atoms in total. The van der Waals surface area contributed by atoms with Crippen molar-refractivity contribution in [3.05, 3.63) is 40.1 Å². The Balaban J connectivity index is 1.25. The molecule has 2 aromatic rings. The van der Waals surface area contributed by atoms with Crippen LogP contribution in [0.1, 0.15) is 30.9 Å². The second-order valence-corrected chi connectivity index (χ2v) is 9.10. The van der Waals surface area contributed by atoms with E-state index in [0.29, 0.717) is 13.1 Å². The van der Waals surface area contributed by atoms with Crippen LogP contribution in [0.2, 0.25) is 0 Å². The number of nitrogens with zero attached hydrogens (tertiary/aromatic N) is 5. The number of hydrogen-bond acceptors (Lipinski definition) is 9. The highest BCUT2D eigenvalue weighted by Crippen LogP contribution is 2.33. The maximum Gasteiger partial charge on any atom is 0.423 e. The summed E-state index contributed by atoms with van der Waals surface area (Å²) >= 11 is 0. The molecule has 3 N–H and O–H groups in total. The van der Waals surface area contributed by atoms with Crippen molar-refractivity contribution >= 4 is 17.5 Å². The summed E-state index contributed by atoms with van der Waals surface area (Å²) < 4.78 is 77.8. The number of fused-ring (bicyclic) bond motifs is 2. The fraction of sp³-hybridized carbons (Fsp3) is 0.571. The summed E-state index contributed by atoms with van der Waals surface area (Å²) in [6.45, 7) is 2.15. The van der Waals surface area contributed by atoms with Crippen molar-refractivity contribution in [2.75, 3.05) is 36.5 Å². The lowest BCUT2D eigenvalue weighted by Gasteiger charge is -2.40. The van der Waals surface area contributed by atoms with Gasteiger partial charge in [0.2, 0.25) is 5.95 Å². The monoisotopic (exact) mass is 550 g/mol. The summed E-state index contributed by atoms with van der Waals surface area (Å²) in [6, 6.07) is -0.811. The Labute approximate surface area is 211 Å². The third-order valence-corrected chi connectivity index (χ3v) is 6.27. The Morgan fingerprint density at radius 2 is 1.74 bits per heavy atom. The van der Waals surface area contributed by atoms with Crippen LogP contribution in [0.4, 0.5) is 38.0 Å². The number of halogens is 6. The van der Waals surface area contributed by atoms with E-state index in [4.69, 9.17) is 4.84 Å². The van der Waals surface area contributed by atoms with Gasteiger partial charge in [-0.2, -0.15) is 31.4 Å². The zero-order valence-corrected chi connectivity index (χ0v) is 19.9. The van der Waals surface area contributed by atoms with Crippen LogP contribution in [0.15, 0.2) is 23.4 Å². The fourth-order valence-electron chi connectivity index (χ4n) is 4.58. The van der Waals surface area contributed by atoms with E-state index >= 15 is 0 Å². The predicted octanol–water partition coefficient (Wildman–Crippen LogP) is 1.80. The molecule has 2 saturated heterocycles.